The number of carbonyl (C=O) groups is 1. The second kappa shape index (κ2) is 6.81. The Morgan fingerprint density at radius 2 is 2.08 bits per heavy atom. The molecule has 7 heteroatoms. The Kier molecular flexibility index (Phi) is 4.58. The Hall–Kier alpha value is -2.72. The fraction of sp³-hybridized carbons (Fsp3) is 0.235. The number of hydrogen-bond donors (Lipinski definition) is 0. The van der Waals surface area contributed by atoms with Crippen LogP contribution in [0, 0.1) is 21.4 Å². The van der Waals surface area contributed by atoms with Crippen molar-refractivity contribution in [3.05, 3.63) is 56.8 Å². The maximum atomic E-state index is 11.3. The number of hydrogen-bond acceptors (Lipinski definition) is 6. The van der Waals surface area contributed by atoms with E-state index in [1.54, 1.807) is 0 Å². The predicted octanol–water partition coefficient (Wildman–Crippen LogP) is 3.70. The molecule has 0 fully saturated rings. The van der Waals surface area contributed by atoms with Gasteiger partial charge in [0, 0.05) is 28.3 Å². The normalized spacial score (nSPS) is 13.0. The number of rotatable bonds is 4. The molecular weight excluding hydrogens is 326 g/mol. The Morgan fingerprint density at radius 1 is 1.29 bits per heavy atom. The maximum absolute atomic E-state index is 11.3. The highest BCUT2D eigenvalue weighted by Crippen LogP contribution is 2.34. The molecule has 0 radical (unpaired) electrons. The zero-order chi connectivity index (χ0) is 17.1. The van der Waals surface area contributed by atoms with E-state index in [0.717, 1.165) is 36.9 Å². The van der Waals surface area contributed by atoms with Crippen LogP contribution >= 0.6 is 11.8 Å². The molecule has 1 heterocycles. The first kappa shape index (κ1) is 16.1. The van der Waals surface area contributed by atoms with Crippen LogP contribution in [0.25, 0.3) is 0 Å². The van der Waals surface area contributed by atoms with Crippen molar-refractivity contribution in [2.45, 2.75) is 35.6 Å². The largest absolute Gasteiger partial charge is 0.298 e. The van der Waals surface area contributed by atoms with Gasteiger partial charge in [0.2, 0.25) is 0 Å². The lowest BCUT2D eigenvalue weighted by Crippen LogP contribution is -2.07. The molecule has 1 aliphatic carbocycles. The minimum absolute atomic E-state index is 0.139. The Balaban J connectivity index is 2.01. The Bertz CT molecular complexity index is 874. The molecule has 1 aliphatic rings. The number of nitro groups is 1. The van der Waals surface area contributed by atoms with Crippen LogP contribution in [0.2, 0.25) is 0 Å². The second-order valence-electron chi connectivity index (χ2n) is 5.46. The zero-order valence-corrected chi connectivity index (χ0v) is 13.5. The van der Waals surface area contributed by atoms with Gasteiger partial charge in [-0.05, 0) is 43.4 Å². The van der Waals surface area contributed by atoms with Gasteiger partial charge in [0.15, 0.2) is 6.29 Å². The summed E-state index contributed by atoms with van der Waals surface area (Å²) in [5.41, 5.74) is 2.66. The van der Waals surface area contributed by atoms with Gasteiger partial charge in [-0.1, -0.05) is 11.8 Å². The number of pyridine rings is 1. The number of nitriles is 1. The summed E-state index contributed by atoms with van der Waals surface area (Å²) in [5.74, 6) is 0. The lowest BCUT2D eigenvalue weighted by molar-refractivity contribution is -0.384. The highest BCUT2D eigenvalue weighted by atomic mass is 32.2. The number of non-ortho nitro benzene ring substituents is 1. The predicted molar refractivity (Wildman–Crippen MR) is 88.2 cm³/mol. The van der Waals surface area contributed by atoms with Crippen molar-refractivity contribution in [2.24, 2.45) is 0 Å². The second-order valence-corrected chi connectivity index (χ2v) is 6.50. The summed E-state index contributed by atoms with van der Waals surface area (Å²) in [6.07, 6.45) is 4.57. The minimum atomic E-state index is -0.542. The summed E-state index contributed by atoms with van der Waals surface area (Å²) in [5, 5.41) is 20.7. The molecule has 3 rings (SSSR count). The molecule has 0 unspecified atom stereocenters. The summed E-state index contributed by atoms with van der Waals surface area (Å²) in [6, 6.07) is 8.13. The standard InChI is InChI=1S/C17H13N3O3S/c18-9-12-7-11-3-1-2-4-15(11)19-17(12)24-16-6-5-14(20(22)23)8-13(16)10-21/h5-8,10H,1-4H2. The van der Waals surface area contributed by atoms with Crippen LogP contribution in [-0.2, 0) is 12.8 Å². The molecule has 2 aromatic rings. The molecule has 1 aromatic heterocycles. The van der Waals surface area contributed by atoms with Crippen LogP contribution in [0.15, 0.2) is 34.2 Å². The van der Waals surface area contributed by atoms with E-state index in [1.165, 1.54) is 30.0 Å². The van der Waals surface area contributed by atoms with Crippen molar-refractivity contribution in [3.63, 3.8) is 0 Å². The fourth-order valence-electron chi connectivity index (χ4n) is 2.71. The van der Waals surface area contributed by atoms with Crippen molar-refractivity contribution in [1.29, 1.82) is 5.26 Å². The number of nitrogens with zero attached hydrogens (tertiary/aromatic N) is 3. The molecule has 0 saturated carbocycles. The lowest BCUT2D eigenvalue weighted by atomic mass is 9.95. The highest BCUT2D eigenvalue weighted by Gasteiger charge is 2.18. The van der Waals surface area contributed by atoms with E-state index in [2.05, 4.69) is 11.1 Å². The number of aldehydes is 1. The summed E-state index contributed by atoms with van der Waals surface area (Å²) in [4.78, 5) is 26.7. The molecule has 0 saturated heterocycles. The first-order valence-corrected chi connectivity index (χ1v) is 8.28. The molecule has 1 aromatic carbocycles. The summed E-state index contributed by atoms with van der Waals surface area (Å²) in [6.45, 7) is 0. The van der Waals surface area contributed by atoms with Gasteiger partial charge in [0.25, 0.3) is 5.69 Å². The van der Waals surface area contributed by atoms with Crippen molar-refractivity contribution >= 4 is 23.7 Å². The smallest absolute Gasteiger partial charge is 0.270 e. The topological polar surface area (TPSA) is 96.9 Å². The summed E-state index contributed by atoms with van der Waals surface area (Å²) >= 11 is 1.20. The third-order valence-electron chi connectivity index (χ3n) is 3.92. The number of nitro benzene ring substituents is 1. The van der Waals surface area contributed by atoms with Gasteiger partial charge in [0.1, 0.15) is 11.1 Å². The van der Waals surface area contributed by atoms with Gasteiger partial charge in [-0.3, -0.25) is 14.9 Å². The van der Waals surface area contributed by atoms with Crippen LogP contribution < -0.4 is 0 Å². The quantitative estimate of drug-likeness (QED) is 0.478. The van der Waals surface area contributed by atoms with Crippen molar-refractivity contribution in [1.82, 2.24) is 4.98 Å². The molecule has 6 nitrogen and oxygen atoms in total. The average molecular weight is 339 g/mol. The van der Waals surface area contributed by atoms with Gasteiger partial charge in [-0.2, -0.15) is 5.26 Å². The summed E-state index contributed by atoms with van der Waals surface area (Å²) < 4.78 is 0. The fourth-order valence-corrected chi connectivity index (χ4v) is 3.65. The molecule has 24 heavy (non-hydrogen) atoms. The number of aryl methyl sites for hydroxylation is 2. The van der Waals surface area contributed by atoms with E-state index in [9.17, 15) is 20.2 Å². The third-order valence-corrected chi connectivity index (χ3v) is 5.02. The third kappa shape index (κ3) is 3.14. The number of carbonyl (C=O) groups excluding carboxylic acids is 1. The molecule has 0 aliphatic heterocycles. The molecule has 0 amide bonds. The molecule has 0 spiro atoms. The van der Waals surface area contributed by atoms with E-state index in [4.69, 9.17) is 0 Å². The van der Waals surface area contributed by atoms with Crippen LogP contribution in [0.3, 0.4) is 0 Å². The van der Waals surface area contributed by atoms with Crippen molar-refractivity contribution in [2.75, 3.05) is 0 Å². The summed E-state index contributed by atoms with van der Waals surface area (Å²) in [7, 11) is 0. The van der Waals surface area contributed by atoms with Crippen LogP contribution in [0.1, 0.15) is 40.0 Å². The van der Waals surface area contributed by atoms with Gasteiger partial charge in [0.05, 0.1) is 10.5 Å². The van der Waals surface area contributed by atoms with Gasteiger partial charge >= 0.3 is 0 Å². The monoisotopic (exact) mass is 339 g/mol. The number of fused-ring (bicyclic) bond motifs is 1. The van der Waals surface area contributed by atoms with Crippen LogP contribution in [-0.4, -0.2) is 16.2 Å². The minimum Gasteiger partial charge on any atom is -0.298 e. The highest BCUT2D eigenvalue weighted by molar-refractivity contribution is 7.99. The van der Waals surface area contributed by atoms with Crippen molar-refractivity contribution in [3.8, 4) is 6.07 Å². The maximum Gasteiger partial charge on any atom is 0.270 e. The van der Waals surface area contributed by atoms with E-state index < -0.39 is 4.92 Å². The Morgan fingerprint density at radius 3 is 2.79 bits per heavy atom. The first-order chi connectivity index (χ1) is 11.6. The number of benzene rings is 1. The molecular formula is C17H13N3O3S. The van der Waals surface area contributed by atoms with E-state index >= 15 is 0 Å². The molecule has 120 valence electrons. The van der Waals surface area contributed by atoms with Gasteiger partial charge in [-0.25, -0.2) is 4.98 Å². The van der Waals surface area contributed by atoms with Gasteiger partial charge in [-0.15, -0.1) is 0 Å². The van der Waals surface area contributed by atoms with E-state index in [0.29, 0.717) is 21.8 Å². The lowest BCUT2D eigenvalue weighted by Gasteiger charge is -2.16. The molecule has 0 bridgehead atoms. The zero-order valence-electron chi connectivity index (χ0n) is 12.7. The van der Waals surface area contributed by atoms with Gasteiger partial charge < -0.3 is 0 Å². The SMILES string of the molecule is N#Cc1cc2c(nc1Sc1ccc([N+](=O)[O-])cc1C=O)CCCC2. The average Bonchev–Trinajstić information content (AvgIpc) is 2.61. The Labute approximate surface area is 142 Å². The van der Waals surface area contributed by atoms with Crippen molar-refractivity contribution < 1.29 is 9.72 Å². The number of aromatic nitrogens is 1. The van der Waals surface area contributed by atoms with Crippen LogP contribution in [0.5, 0.6) is 0 Å². The molecule has 0 N–H and O–H groups in total. The van der Waals surface area contributed by atoms with Crippen LogP contribution in [0.4, 0.5) is 5.69 Å². The molecule has 0 atom stereocenters. The van der Waals surface area contributed by atoms with E-state index in [1.807, 2.05) is 6.07 Å². The van der Waals surface area contributed by atoms with E-state index in [-0.39, 0.29) is 11.3 Å². The first-order valence-electron chi connectivity index (χ1n) is 7.46.